The molecule has 3 aromatic carbocycles. The van der Waals surface area contributed by atoms with E-state index in [1.165, 1.54) is 30.3 Å². The molecule has 0 fully saturated rings. The molecule has 0 aromatic heterocycles. The molecular formula is C21H14F8N2O. The highest BCUT2D eigenvalue weighted by molar-refractivity contribution is 6.02. The number of fused-ring (bicyclic) bond motifs is 1. The Morgan fingerprint density at radius 1 is 0.844 bits per heavy atom. The number of ether oxygens (including phenoxy) is 1. The summed E-state index contributed by atoms with van der Waals surface area (Å²) in [5.41, 5.74) is 1.22. The Kier molecular flexibility index (Phi) is 6.29. The summed E-state index contributed by atoms with van der Waals surface area (Å²) < 4.78 is 108. The Balaban J connectivity index is 1.90. The highest BCUT2D eigenvalue weighted by Gasteiger charge is 2.73. The standard InChI is InChI=1S/C21H14F8N2O/c22-15-8-5-13(6-9-15)12-32-18-10-7-14-3-1-2-4-16(14)17(18)11-30-31-21(28,29)19(23,24)20(25,26)27/h1-11,31H,12H2/b30-11-. The van der Waals surface area contributed by atoms with Crippen molar-refractivity contribution in [1.82, 2.24) is 5.43 Å². The second kappa shape index (κ2) is 8.64. The minimum absolute atomic E-state index is 0.0591. The molecule has 0 saturated carbocycles. The largest absolute Gasteiger partial charge is 0.488 e. The van der Waals surface area contributed by atoms with Crippen molar-refractivity contribution in [3.8, 4) is 5.75 Å². The molecule has 0 unspecified atom stereocenters. The molecular weight excluding hydrogens is 448 g/mol. The van der Waals surface area contributed by atoms with Crippen molar-refractivity contribution >= 4 is 17.0 Å². The molecule has 0 atom stereocenters. The number of alkyl halides is 7. The fourth-order valence-corrected chi connectivity index (χ4v) is 2.70. The number of hydrazone groups is 1. The van der Waals surface area contributed by atoms with E-state index in [9.17, 15) is 35.1 Å². The molecule has 0 aliphatic rings. The number of benzene rings is 3. The first-order chi connectivity index (χ1) is 14.9. The van der Waals surface area contributed by atoms with Crippen molar-refractivity contribution < 1.29 is 39.9 Å². The van der Waals surface area contributed by atoms with E-state index in [-0.39, 0.29) is 17.9 Å². The zero-order valence-corrected chi connectivity index (χ0v) is 15.9. The van der Waals surface area contributed by atoms with Gasteiger partial charge in [-0.05, 0) is 34.5 Å². The van der Waals surface area contributed by atoms with Gasteiger partial charge in [0.25, 0.3) is 0 Å². The molecule has 170 valence electrons. The molecule has 0 aliphatic carbocycles. The van der Waals surface area contributed by atoms with Gasteiger partial charge in [0.2, 0.25) is 0 Å². The molecule has 0 radical (unpaired) electrons. The predicted molar refractivity (Wildman–Crippen MR) is 101 cm³/mol. The van der Waals surface area contributed by atoms with Crippen LogP contribution in [0.5, 0.6) is 5.75 Å². The summed E-state index contributed by atoms with van der Waals surface area (Å²) in [6, 6.07) is 9.20. The fraction of sp³-hybridized carbons (Fsp3) is 0.190. The van der Waals surface area contributed by atoms with E-state index in [1.807, 2.05) is 0 Å². The van der Waals surface area contributed by atoms with E-state index in [2.05, 4.69) is 5.10 Å². The molecule has 0 aliphatic heterocycles. The lowest BCUT2D eigenvalue weighted by molar-refractivity contribution is -0.361. The number of rotatable bonds is 7. The first-order valence-electron chi connectivity index (χ1n) is 8.94. The van der Waals surface area contributed by atoms with Gasteiger partial charge in [0.05, 0.1) is 6.21 Å². The van der Waals surface area contributed by atoms with Crippen molar-refractivity contribution in [3.63, 3.8) is 0 Å². The van der Waals surface area contributed by atoms with E-state index < -0.39 is 24.0 Å². The van der Waals surface area contributed by atoms with Crippen molar-refractivity contribution in [3.05, 3.63) is 77.6 Å². The number of nitrogens with zero attached hydrogens (tertiary/aromatic N) is 1. The topological polar surface area (TPSA) is 33.6 Å². The molecule has 3 rings (SSSR count). The van der Waals surface area contributed by atoms with Crippen LogP contribution in [-0.2, 0) is 6.61 Å². The Labute approximate surface area is 176 Å². The van der Waals surface area contributed by atoms with Gasteiger partial charge in [0, 0.05) is 5.56 Å². The average molecular weight is 462 g/mol. The van der Waals surface area contributed by atoms with E-state index in [1.54, 1.807) is 30.3 Å². The maximum absolute atomic E-state index is 13.5. The van der Waals surface area contributed by atoms with Gasteiger partial charge < -0.3 is 4.74 Å². The van der Waals surface area contributed by atoms with Crippen LogP contribution in [0.2, 0.25) is 0 Å². The second-order valence-corrected chi connectivity index (χ2v) is 6.63. The third-order valence-corrected chi connectivity index (χ3v) is 4.39. The molecule has 0 heterocycles. The average Bonchev–Trinajstić information content (AvgIpc) is 2.73. The summed E-state index contributed by atoms with van der Waals surface area (Å²) in [7, 11) is 0. The summed E-state index contributed by atoms with van der Waals surface area (Å²) in [5.74, 6) is -6.72. The molecule has 3 aromatic rings. The van der Waals surface area contributed by atoms with Crippen LogP contribution in [0.1, 0.15) is 11.1 Å². The van der Waals surface area contributed by atoms with Gasteiger partial charge in [-0.2, -0.15) is 35.8 Å². The Hall–Kier alpha value is -3.37. The van der Waals surface area contributed by atoms with Gasteiger partial charge in [-0.3, -0.25) is 0 Å². The van der Waals surface area contributed by atoms with Crippen LogP contribution < -0.4 is 10.2 Å². The van der Waals surface area contributed by atoms with E-state index in [0.717, 1.165) is 0 Å². The molecule has 11 heteroatoms. The lowest BCUT2D eigenvalue weighted by Crippen LogP contribution is -2.58. The number of nitrogens with one attached hydrogen (secondary N) is 1. The summed E-state index contributed by atoms with van der Waals surface area (Å²) in [5, 5.41) is 3.96. The second-order valence-electron chi connectivity index (χ2n) is 6.63. The van der Waals surface area contributed by atoms with Gasteiger partial charge in [-0.1, -0.05) is 42.5 Å². The Morgan fingerprint density at radius 3 is 2.16 bits per heavy atom. The lowest BCUT2D eigenvalue weighted by Gasteiger charge is -2.27. The van der Waals surface area contributed by atoms with E-state index in [0.29, 0.717) is 28.0 Å². The summed E-state index contributed by atoms with van der Waals surface area (Å²) >= 11 is 0. The molecule has 0 spiro atoms. The first-order valence-corrected chi connectivity index (χ1v) is 8.94. The Morgan fingerprint density at radius 2 is 1.50 bits per heavy atom. The Bertz CT molecular complexity index is 1110. The maximum atomic E-state index is 13.5. The van der Waals surface area contributed by atoms with Crippen molar-refractivity contribution in [1.29, 1.82) is 0 Å². The van der Waals surface area contributed by atoms with Crippen molar-refractivity contribution in [2.24, 2.45) is 5.10 Å². The van der Waals surface area contributed by atoms with E-state index >= 15 is 0 Å². The summed E-state index contributed by atoms with van der Waals surface area (Å²) in [6.45, 7) is -0.0603. The van der Waals surface area contributed by atoms with Crippen LogP contribution in [0, 0.1) is 5.82 Å². The lowest BCUT2D eigenvalue weighted by atomic mass is 10.0. The number of halogens is 8. The summed E-state index contributed by atoms with van der Waals surface area (Å²) in [6.07, 6.45) is -5.81. The minimum atomic E-state index is -6.48. The quantitative estimate of drug-likeness (QED) is 0.194. The third kappa shape index (κ3) is 4.76. The number of hydrogen-bond donors (Lipinski definition) is 1. The van der Waals surface area contributed by atoms with Gasteiger partial charge in [0.1, 0.15) is 18.2 Å². The molecule has 0 amide bonds. The van der Waals surface area contributed by atoms with Crippen LogP contribution >= 0.6 is 0 Å². The first kappa shape index (κ1) is 23.3. The van der Waals surface area contributed by atoms with Crippen LogP contribution in [0.3, 0.4) is 0 Å². The minimum Gasteiger partial charge on any atom is -0.488 e. The van der Waals surface area contributed by atoms with Crippen LogP contribution in [0.25, 0.3) is 10.8 Å². The molecule has 0 saturated heterocycles. The van der Waals surface area contributed by atoms with Gasteiger partial charge in [-0.15, -0.1) is 0 Å². The van der Waals surface area contributed by atoms with Gasteiger partial charge in [0.15, 0.2) is 0 Å². The van der Waals surface area contributed by atoms with Crippen molar-refractivity contribution in [2.75, 3.05) is 0 Å². The molecule has 3 nitrogen and oxygen atoms in total. The highest BCUT2D eigenvalue weighted by atomic mass is 19.4. The highest BCUT2D eigenvalue weighted by Crippen LogP contribution is 2.45. The van der Waals surface area contributed by atoms with Gasteiger partial charge in [-0.25, -0.2) is 9.82 Å². The smallest absolute Gasteiger partial charge is 0.462 e. The van der Waals surface area contributed by atoms with Crippen LogP contribution in [0.15, 0.2) is 65.8 Å². The summed E-state index contributed by atoms with van der Waals surface area (Å²) in [4.78, 5) is 0. The van der Waals surface area contributed by atoms with Crippen LogP contribution in [-0.4, -0.2) is 24.4 Å². The number of hydrogen-bond acceptors (Lipinski definition) is 3. The molecule has 0 bridgehead atoms. The van der Waals surface area contributed by atoms with Crippen LogP contribution in [0.4, 0.5) is 35.1 Å². The third-order valence-electron chi connectivity index (χ3n) is 4.39. The zero-order valence-electron chi connectivity index (χ0n) is 15.9. The van der Waals surface area contributed by atoms with Gasteiger partial charge >= 0.3 is 18.1 Å². The van der Waals surface area contributed by atoms with E-state index in [4.69, 9.17) is 4.74 Å². The van der Waals surface area contributed by atoms with Crippen molar-refractivity contribution in [2.45, 2.75) is 24.8 Å². The SMILES string of the molecule is Fc1ccc(COc2ccc3ccccc3c2/C=N\NC(F)(F)C(F)(F)C(F)(F)F)cc1. The molecule has 1 N–H and O–H groups in total. The normalized spacial score (nSPS) is 13.0. The fourth-order valence-electron chi connectivity index (χ4n) is 2.70. The molecule has 32 heavy (non-hydrogen) atoms. The monoisotopic (exact) mass is 462 g/mol. The predicted octanol–water partition coefficient (Wildman–Crippen LogP) is 6.27. The maximum Gasteiger partial charge on any atom is 0.462 e. The zero-order chi connectivity index (χ0) is 23.6.